The van der Waals surface area contributed by atoms with E-state index in [4.69, 9.17) is 10.5 Å². The van der Waals surface area contributed by atoms with Crippen LogP contribution in [-0.2, 0) is 4.74 Å². The summed E-state index contributed by atoms with van der Waals surface area (Å²) in [7, 11) is 2.19. The number of likely N-dealkylation sites (N-methyl/N-ethyl adjacent to an activating group) is 1. The van der Waals surface area contributed by atoms with Crippen molar-refractivity contribution in [3.63, 3.8) is 0 Å². The Kier molecular flexibility index (Phi) is 5.84. The zero-order valence-electron chi connectivity index (χ0n) is 11.6. The van der Waals surface area contributed by atoms with Crippen LogP contribution in [0.4, 0.5) is 0 Å². The van der Waals surface area contributed by atoms with E-state index in [1.165, 1.54) is 21.5 Å². The minimum absolute atomic E-state index is 0.135. The molecule has 2 unspecified atom stereocenters. The van der Waals surface area contributed by atoms with Crippen LogP contribution in [0.1, 0.15) is 30.7 Å². The van der Waals surface area contributed by atoms with Gasteiger partial charge in [-0.2, -0.15) is 0 Å². The lowest BCUT2D eigenvalue weighted by atomic mass is 9.98. The van der Waals surface area contributed by atoms with Gasteiger partial charge in [0.15, 0.2) is 0 Å². The summed E-state index contributed by atoms with van der Waals surface area (Å²) in [6, 6.07) is 4.73. The molecule has 0 aromatic carbocycles. The number of rotatable bonds is 5. The number of hydrogen-bond donors (Lipinski definition) is 1. The van der Waals surface area contributed by atoms with Gasteiger partial charge in [0.25, 0.3) is 0 Å². The molecule has 3 nitrogen and oxygen atoms in total. The highest BCUT2D eigenvalue weighted by atomic mass is 79.9. The van der Waals surface area contributed by atoms with Crippen molar-refractivity contribution in [2.24, 2.45) is 11.7 Å². The molecule has 2 atom stereocenters. The Morgan fingerprint density at radius 1 is 1.47 bits per heavy atom. The molecule has 2 heterocycles. The molecule has 0 saturated carbocycles. The van der Waals surface area contributed by atoms with Crippen molar-refractivity contribution in [2.75, 3.05) is 26.8 Å². The molecule has 19 heavy (non-hydrogen) atoms. The average molecular weight is 347 g/mol. The summed E-state index contributed by atoms with van der Waals surface area (Å²) in [6.45, 7) is 5.02. The van der Waals surface area contributed by atoms with Gasteiger partial charge in [0.2, 0.25) is 0 Å². The number of halogens is 1. The minimum Gasteiger partial charge on any atom is -0.381 e. The van der Waals surface area contributed by atoms with E-state index < -0.39 is 0 Å². The Bertz CT molecular complexity index is 391. The van der Waals surface area contributed by atoms with Gasteiger partial charge >= 0.3 is 0 Å². The zero-order chi connectivity index (χ0) is 13.8. The van der Waals surface area contributed by atoms with Crippen LogP contribution in [-0.4, -0.2) is 37.7 Å². The molecule has 1 aromatic heterocycles. The summed E-state index contributed by atoms with van der Waals surface area (Å²) in [5, 5.41) is 0. The van der Waals surface area contributed by atoms with Crippen molar-refractivity contribution in [2.45, 2.75) is 31.8 Å². The molecular formula is C14H23BrN2OS. The van der Waals surface area contributed by atoms with Crippen molar-refractivity contribution in [1.29, 1.82) is 0 Å². The molecule has 1 aliphatic heterocycles. The number of nitrogens with two attached hydrogens (primary N) is 1. The fourth-order valence-corrected chi connectivity index (χ4v) is 4.52. The van der Waals surface area contributed by atoms with Crippen LogP contribution < -0.4 is 5.73 Å². The predicted octanol–water partition coefficient (Wildman–Crippen LogP) is 3.26. The molecule has 1 aromatic rings. The Morgan fingerprint density at radius 2 is 2.16 bits per heavy atom. The van der Waals surface area contributed by atoms with Crippen molar-refractivity contribution in [3.05, 3.63) is 20.8 Å². The van der Waals surface area contributed by atoms with E-state index in [1.807, 2.05) is 0 Å². The first-order chi connectivity index (χ1) is 9.08. The third-order valence-electron chi connectivity index (χ3n) is 3.75. The minimum atomic E-state index is 0.135. The Morgan fingerprint density at radius 3 is 2.68 bits per heavy atom. The topological polar surface area (TPSA) is 38.5 Å². The van der Waals surface area contributed by atoms with E-state index in [9.17, 15) is 0 Å². The van der Waals surface area contributed by atoms with Gasteiger partial charge in [-0.15, -0.1) is 11.3 Å². The molecule has 0 bridgehead atoms. The molecule has 2 N–H and O–H groups in total. The molecule has 0 aliphatic carbocycles. The molecule has 1 aliphatic rings. The highest BCUT2D eigenvalue weighted by molar-refractivity contribution is 9.11. The standard InChI is InChI=1S/C14H23BrN2OS/c1-10(16)14(12-3-4-13(15)19-12)17(2)9-11-5-7-18-8-6-11/h3-4,10-11,14H,5-9,16H2,1-2H3. The van der Waals surface area contributed by atoms with Crippen molar-refractivity contribution < 1.29 is 4.74 Å². The molecule has 2 rings (SSSR count). The third-order valence-corrected chi connectivity index (χ3v) is 5.44. The lowest BCUT2D eigenvalue weighted by Gasteiger charge is -2.34. The first-order valence-corrected chi connectivity index (χ1v) is 8.47. The lowest BCUT2D eigenvalue weighted by Crippen LogP contribution is -2.40. The van der Waals surface area contributed by atoms with Gasteiger partial charge in [-0.05, 0) is 60.8 Å². The van der Waals surface area contributed by atoms with Crippen molar-refractivity contribution in [3.8, 4) is 0 Å². The fourth-order valence-electron chi connectivity index (χ4n) is 2.81. The molecular weight excluding hydrogens is 324 g/mol. The molecule has 1 saturated heterocycles. The predicted molar refractivity (Wildman–Crippen MR) is 84.6 cm³/mol. The first-order valence-electron chi connectivity index (χ1n) is 6.86. The maximum Gasteiger partial charge on any atom is 0.0702 e. The average Bonchev–Trinajstić information content (AvgIpc) is 2.76. The smallest absolute Gasteiger partial charge is 0.0702 e. The number of thiophene rings is 1. The van der Waals surface area contributed by atoms with E-state index >= 15 is 0 Å². The summed E-state index contributed by atoms with van der Waals surface area (Å²) in [5.74, 6) is 0.739. The summed E-state index contributed by atoms with van der Waals surface area (Å²) >= 11 is 5.32. The van der Waals surface area contributed by atoms with Gasteiger partial charge in [0.05, 0.1) is 9.83 Å². The second-order valence-corrected chi connectivity index (χ2v) is 7.94. The van der Waals surface area contributed by atoms with E-state index in [0.29, 0.717) is 6.04 Å². The Balaban J connectivity index is 2.01. The van der Waals surface area contributed by atoms with Gasteiger partial charge in [0.1, 0.15) is 0 Å². The van der Waals surface area contributed by atoms with Crippen molar-refractivity contribution >= 4 is 27.3 Å². The van der Waals surface area contributed by atoms with Crippen LogP contribution >= 0.6 is 27.3 Å². The zero-order valence-corrected chi connectivity index (χ0v) is 14.0. The fraction of sp³-hybridized carbons (Fsp3) is 0.714. The lowest BCUT2D eigenvalue weighted by molar-refractivity contribution is 0.0489. The SMILES string of the molecule is CC(N)C(c1ccc(Br)s1)N(C)CC1CCOCC1. The second kappa shape index (κ2) is 7.18. The number of hydrogen-bond acceptors (Lipinski definition) is 4. The van der Waals surface area contributed by atoms with Crippen LogP contribution in [0.2, 0.25) is 0 Å². The van der Waals surface area contributed by atoms with E-state index in [1.54, 1.807) is 11.3 Å². The quantitative estimate of drug-likeness (QED) is 0.889. The highest BCUT2D eigenvalue weighted by Gasteiger charge is 2.25. The number of ether oxygens (including phenoxy) is 1. The molecule has 108 valence electrons. The van der Waals surface area contributed by atoms with Gasteiger partial charge in [0, 0.05) is 30.7 Å². The first kappa shape index (κ1) is 15.4. The Labute approximate surface area is 128 Å². The summed E-state index contributed by atoms with van der Waals surface area (Å²) in [6.07, 6.45) is 2.34. The number of nitrogens with zero attached hydrogens (tertiary/aromatic N) is 1. The highest BCUT2D eigenvalue weighted by Crippen LogP contribution is 2.32. The van der Waals surface area contributed by atoms with E-state index in [2.05, 4.69) is 46.9 Å². The van der Waals surface area contributed by atoms with Gasteiger partial charge in [-0.1, -0.05) is 0 Å². The molecule has 0 spiro atoms. The summed E-state index contributed by atoms with van der Waals surface area (Å²) < 4.78 is 6.60. The van der Waals surface area contributed by atoms with Crippen molar-refractivity contribution in [1.82, 2.24) is 4.90 Å². The maximum atomic E-state index is 6.21. The molecule has 0 radical (unpaired) electrons. The Hall–Kier alpha value is 0.0600. The van der Waals surface area contributed by atoms with Crippen LogP contribution in [0.3, 0.4) is 0 Å². The van der Waals surface area contributed by atoms with Gasteiger partial charge in [-0.3, -0.25) is 4.90 Å². The van der Waals surface area contributed by atoms with Gasteiger partial charge in [-0.25, -0.2) is 0 Å². The summed E-state index contributed by atoms with van der Waals surface area (Å²) in [5.41, 5.74) is 6.21. The third kappa shape index (κ3) is 4.26. The van der Waals surface area contributed by atoms with Gasteiger partial charge < -0.3 is 10.5 Å². The molecule has 5 heteroatoms. The summed E-state index contributed by atoms with van der Waals surface area (Å²) in [4.78, 5) is 3.76. The monoisotopic (exact) mass is 346 g/mol. The maximum absolute atomic E-state index is 6.21. The van der Waals surface area contributed by atoms with Crippen LogP contribution in [0, 0.1) is 5.92 Å². The van der Waals surface area contributed by atoms with Crippen LogP contribution in [0.15, 0.2) is 15.9 Å². The normalized spacial score (nSPS) is 20.7. The molecule has 0 amide bonds. The second-order valence-electron chi connectivity index (χ2n) is 5.44. The van der Waals surface area contributed by atoms with Crippen LogP contribution in [0.25, 0.3) is 0 Å². The van der Waals surface area contributed by atoms with E-state index in [-0.39, 0.29) is 6.04 Å². The van der Waals surface area contributed by atoms with Crippen LogP contribution in [0.5, 0.6) is 0 Å². The molecule has 1 fully saturated rings. The largest absolute Gasteiger partial charge is 0.381 e. The van der Waals surface area contributed by atoms with E-state index in [0.717, 1.165) is 25.7 Å².